The monoisotopic (exact) mass is 763 g/mol. The van der Waals surface area contributed by atoms with Gasteiger partial charge in [0.25, 0.3) is 0 Å². The van der Waals surface area contributed by atoms with Crippen molar-refractivity contribution < 1.29 is 4.74 Å². The number of aliphatic imine (C=N–C) groups is 1. The van der Waals surface area contributed by atoms with Crippen molar-refractivity contribution in [3.8, 4) is 22.6 Å². The smallest absolute Gasteiger partial charge is 0.132 e. The van der Waals surface area contributed by atoms with E-state index in [0.29, 0.717) is 5.92 Å². The average Bonchev–Trinajstić information content (AvgIpc) is 3.30. The van der Waals surface area contributed by atoms with E-state index in [9.17, 15) is 0 Å². The third kappa shape index (κ3) is 7.21. The molecule has 2 heteroatoms. The summed E-state index contributed by atoms with van der Waals surface area (Å²) in [5.74, 6) is 2.30. The summed E-state index contributed by atoms with van der Waals surface area (Å²) in [6, 6.07) is 58.0. The van der Waals surface area contributed by atoms with Crippen molar-refractivity contribution in [2.45, 2.75) is 38.1 Å². The van der Waals surface area contributed by atoms with E-state index >= 15 is 0 Å². The first kappa shape index (κ1) is 37.8. The van der Waals surface area contributed by atoms with E-state index in [-0.39, 0.29) is 12.0 Å². The second kappa shape index (κ2) is 16.6. The van der Waals surface area contributed by atoms with Crippen molar-refractivity contribution in [1.29, 1.82) is 0 Å². The zero-order chi connectivity index (χ0) is 40.2. The number of ether oxygens (including phenoxy) is 1. The highest BCUT2D eigenvalue weighted by molar-refractivity contribution is 6.09. The Morgan fingerprint density at radius 2 is 1.32 bits per heavy atom. The van der Waals surface area contributed by atoms with E-state index in [4.69, 9.17) is 9.73 Å². The quantitative estimate of drug-likeness (QED) is 0.101. The molecule has 0 radical (unpaired) electrons. The largest absolute Gasteiger partial charge is 0.457 e. The topological polar surface area (TPSA) is 21.6 Å². The Balaban J connectivity index is 1.22. The van der Waals surface area contributed by atoms with E-state index in [1.54, 1.807) is 0 Å². The van der Waals surface area contributed by atoms with Crippen molar-refractivity contribution in [2.24, 2.45) is 16.8 Å². The minimum absolute atomic E-state index is 0.109. The van der Waals surface area contributed by atoms with Crippen molar-refractivity contribution >= 4 is 5.71 Å². The van der Waals surface area contributed by atoms with Crippen molar-refractivity contribution in [3.05, 3.63) is 263 Å². The zero-order valence-corrected chi connectivity index (χ0v) is 33.8. The van der Waals surface area contributed by atoms with Gasteiger partial charge in [-0.1, -0.05) is 195 Å². The van der Waals surface area contributed by atoms with Gasteiger partial charge in [-0.2, -0.15) is 0 Å². The van der Waals surface area contributed by atoms with E-state index < -0.39 is 5.41 Å². The lowest BCUT2D eigenvalue weighted by Gasteiger charge is -2.46. The summed E-state index contributed by atoms with van der Waals surface area (Å²) >= 11 is 0. The first-order valence-electron chi connectivity index (χ1n) is 20.8. The molecule has 0 amide bonds. The lowest BCUT2D eigenvalue weighted by molar-refractivity contribution is 0.423. The minimum atomic E-state index is -0.575. The molecule has 0 N–H and O–H groups in total. The van der Waals surface area contributed by atoms with Crippen LogP contribution in [0.1, 0.15) is 60.5 Å². The molecule has 3 atom stereocenters. The highest BCUT2D eigenvalue weighted by Crippen LogP contribution is 2.59. The predicted octanol–water partition coefficient (Wildman–Crippen LogP) is 14.6. The molecule has 1 aliphatic heterocycles. The van der Waals surface area contributed by atoms with Gasteiger partial charge in [0.1, 0.15) is 11.5 Å². The van der Waals surface area contributed by atoms with Crippen LogP contribution < -0.4 is 4.74 Å². The first-order chi connectivity index (χ1) is 29.0. The lowest BCUT2D eigenvalue weighted by Crippen LogP contribution is -2.38. The summed E-state index contributed by atoms with van der Waals surface area (Å²) in [5.41, 5.74) is 13.9. The van der Waals surface area contributed by atoms with E-state index in [1.807, 2.05) is 6.08 Å². The summed E-state index contributed by atoms with van der Waals surface area (Å²) in [7, 11) is 0. The molecule has 59 heavy (non-hydrogen) atoms. The number of allylic oxidation sites excluding steroid dienone is 10. The van der Waals surface area contributed by atoms with Crippen LogP contribution in [0.25, 0.3) is 11.1 Å². The molecule has 0 bridgehead atoms. The van der Waals surface area contributed by atoms with Gasteiger partial charge in [0, 0.05) is 17.0 Å². The summed E-state index contributed by atoms with van der Waals surface area (Å²) in [4.78, 5) is 5.46. The molecule has 2 aliphatic carbocycles. The minimum Gasteiger partial charge on any atom is -0.457 e. The molecule has 0 saturated carbocycles. The molecular formula is C57H49NO. The fraction of sp³-hybridized carbons (Fsp3) is 0.140. The maximum Gasteiger partial charge on any atom is 0.132 e. The second-order valence-corrected chi connectivity index (χ2v) is 15.9. The van der Waals surface area contributed by atoms with Crippen LogP contribution in [0.3, 0.4) is 0 Å². The fourth-order valence-electron chi connectivity index (χ4n) is 9.39. The van der Waals surface area contributed by atoms with E-state index in [2.05, 4.69) is 221 Å². The Kier molecular flexibility index (Phi) is 10.6. The Labute approximate surface area is 349 Å². The highest BCUT2D eigenvalue weighted by Gasteiger charge is 2.49. The van der Waals surface area contributed by atoms with Crippen molar-refractivity contribution in [2.75, 3.05) is 0 Å². The SMILES string of the molecule is C=C[C@@H](N=C(/C=C(\C)C1=C(C2CC=CC=C2C2(c3ccccc3)c3ccccc3Oc3ccccc32)C=CC(C)C1)c1ccc(-c2ccccc2)cc1)c1ccccc1. The summed E-state index contributed by atoms with van der Waals surface area (Å²) < 4.78 is 6.69. The number of hydrogen-bond acceptors (Lipinski definition) is 2. The summed E-state index contributed by atoms with van der Waals surface area (Å²) in [6.45, 7) is 8.85. The van der Waals surface area contributed by atoms with Gasteiger partial charge in [-0.15, -0.1) is 6.58 Å². The highest BCUT2D eigenvalue weighted by atomic mass is 16.5. The number of fused-ring (bicyclic) bond motifs is 2. The van der Waals surface area contributed by atoms with Crippen LogP contribution in [0, 0.1) is 11.8 Å². The van der Waals surface area contributed by atoms with Crippen LogP contribution in [0.4, 0.5) is 0 Å². The number of para-hydroxylation sites is 2. The molecule has 1 heterocycles. The van der Waals surface area contributed by atoms with Gasteiger partial charge in [-0.3, -0.25) is 4.99 Å². The maximum absolute atomic E-state index is 6.69. The van der Waals surface area contributed by atoms with Gasteiger partial charge in [0.05, 0.1) is 17.2 Å². The van der Waals surface area contributed by atoms with E-state index in [1.165, 1.54) is 50.1 Å². The maximum atomic E-state index is 6.69. The Morgan fingerprint density at radius 1 is 0.729 bits per heavy atom. The molecule has 0 aromatic heterocycles. The zero-order valence-electron chi connectivity index (χ0n) is 33.8. The molecule has 2 unspecified atom stereocenters. The average molecular weight is 764 g/mol. The van der Waals surface area contributed by atoms with Crippen LogP contribution in [0.2, 0.25) is 0 Å². The Morgan fingerprint density at radius 3 is 1.98 bits per heavy atom. The van der Waals surface area contributed by atoms with Crippen LogP contribution in [-0.4, -0.2) is 5.71 Å². The molecular weight excluding hydrogens is 715 g/mol. The predicted molar refractivity (Wildman–Crippen MR) is 246 cm³/mol. The molecule has 288 valence electrons. The summed E-state index contributed by atoms with van der Waals surface area (Å²) in [5, 5.41) is 0. The molecule has 9 rings (SSSR count). The van der Waals surface area contributed by atoms with Crippen LogP contribution in [-0.2, 0) is 5.41 Å². The third-order valence-corrected chi connectivity index (χ3v) is 12.2. The van der Waals surface area contributed by atoms with Crippen molar-refractivity contribution in [1.82, 2.24) is 0 Å². The second-order valence-electron chi connectivity index (χ2n) is 15.9. The van der Waals surface area contributed by atoms with Crippen LogP contribution in [0.15, 0.2) is 240 Å². The van der Waals surface area contributed by atoms with Gasteiger partial charge in [0.15, 0.2) is 0 Å². The molecule has 2 nitrogen and oxygen atoms in total. The molecule has 0 spiro atoms. The lowest BCUT2D eigenvalue weighted by atomic mass is 9.58. The Bertz CT molecular complexity index is 2610. The van der Waals surface area contributed by atoms with Gasteiger partial charge in [0.2, 0.25) is 0 Å². The first-order valence-corrected chi connectivity index (χ1v) is 20.8. The number of nitrogens with zero attached hydrogens (tertiary/aromatic N) is 1. The number of rotatable bonds is 10. The third-order valence-electron chi connectivity index (χ3n) is 12.2. The van der Waals surface area contributed by atoms with Gasteiger partial charge in [-0.25, -0.2) is 0 Å². The molecule has 0 saturated heterocycles. The molecule has 6 aromatic carbocycles. The normalized spacial score (nSPS) is 18.9. The van der Waals surface area contributed by atoms with Crippen LogP contribution in [0.5, 0.6) is 11.5 Å². The molecule has 0 fully saturated rings. The summed E-state index contributed by atoms with van der Waals surface area (Å²) in [6.07, 6.45) is 17.9. The number of hydrogen-bond donors (Lipinski definition) is 0. The standard InChI is InChI=1S/C57H49NO/c1-4-53(44-22-10-6-11-23-44)58-54(45-35-33-43(34-36-45)42-20-8-5-9-21-42)39-41(3)49-38-40(2)32-37-47(49)48-26-14-15-27-50(48)57(46-24-12-7-13-25-46)51-28-16-18-30-55(51)59-56-31-19-17-29-52(56)57/h4-25,27-37,39-40,48,53H,1,26,38H2,2-3H3/b41-39+,58-54?/t40?,48?,53-/m1/s1. The molecule has 3 aliphatic rings. The Hall–Kier alpha value is -6.77. The van der Waals surface area contributed by atoms with Gasteiger partial charge < -0.3 is 4.74 Å². The van der Waals surface area contributed by atoms with Crippen LogP contribution >= 0.6 is 0 Å². The van der Waals surface area contributed by atoms with Crippen molar-refractivity contribution in [3.63, 3.8) is 0 Å². The van der Waals surface area contributed by atoms with E-state index in [0.717, 1.165) is 41.2 Å². The van der Waals surface area contributed by atoms with Gasteiger partial charge in [-0.05, 0) is 94.0 Å². The fourth-order valence-corrected chi connectivity index (χ4v) is 9.39. The number of benzene rings is 6. The molecule has 6 aromatic rings. The van der Waals surface area contributed by atoms with Gasteiger partial charge >= 0.3 is 0 Å².